The van der Waals surface area contributed by atoms with E-state index in [9.17, 15) is 4.79 Å². The number of hydrogen-bond acceptors (Lipinski definition) is 2. The molecular weight excluding hydrogens is 336 g/mol. The van der Waals surface area contributed by atoms with Crippen molar-refractivity contribution in [2.45, 2.75) is 13.8 Å². The van der Waals surface area contributed by atoms with Crippen molar-refractivity contribution < 1.29 is 4.79 Å². The Morgan fingerprint density at radius 1 is 1.07 bits per heavy atom. The normalized spacial score (nSPS) is 11.3. The Balaban J connectivity index is 1.55. The lowest BCUT2D eigenvalue weighted by Gasteiger charge is -2.09. The molecule has 1 amide bonds. The number of hydrazone groups is 1. The maximum atomic E-state index is 12.6. The van der Waals surface area contributed by atoms with E-state index in [0.717, 1.165) is 33.5 Å². The molecule has 5 nitrogen and oxygen atoms in total. The summed E-state index contributed by atoms with van der Waals surface area (Å²) in [5.74, 6) is -0.221. The first-order chi connectivity index (χ1) is 13.1. The monoisotopic (exact) mass is 356 g/mol. The number of fused-ring (bicyclic) bond motifs is 1. The van der Waals surface area contributed by atoms with E-state index in [0.29, 0.717) is 5.56 Å². The van der Waals surface area contributed by atoms with Crippen LogP contribution in [0.1, 0.15) is 27.3 Å². The van der Waals surface area contributed by atoms with Gasteiger partial charge in [-0.25, -0.2) is 5.43 Å². The van der Waals surface area contributed by atoms with Crippen LogP contribution in [-0.2, 0) is 0 Å². The third-order valence-electron chi connectivity index (χ3n) is 4.68. The molecule has 0 aliphatic heterocycles. The zero-order chi connectivity index (χ0) is 18.8. The van der Waals surface area contributed by atoms with Crippen LogP contribution in [0.3, 0.4) is 0 Å². The second-order valence-electron chi connectivity index (χ2n) is 6.44. The van der Waals surface area contributed by atoms with Crippen molar-refractivity contribution in [2.75, 3.05) is 0 Å². The Hall–Kier alpha value is -3.60. The summed E-state index contributed by atoms with van der Waals surface area (Å²) >= 11 is 0. The number of aromatic amines is 1. The Morgan fingerprint density at radius 2 is 1.81 bits per heavy atom. The van der Waals surface area contributed by atoms with Crippen LogP contribution >= 0.6 is 0 Å². The number of nitrogens with one attached hydrogen (secondary N) is 2. The van der Waals surface area contributed by atoms with E-state index < -0.39 is 0 Å². The molecule has 0 saturated heterocycles. The number of nitrogens with zero attached hydrogens (tertiary/aromatic N) is 2. The zero-order valence-corrected chi connectivity index (χ0v) is 15.2. The van der Waals surface area contributed by atoms with Crippen LogP contribution in [0.25, 0.3) is 16.6 Å². The number of carbonyl (C=O) groups is 1. The van der Waals surface area contributed by atoms with E-state index in [-0.39, 0.29) is 5.91 Å². The highest BCUT2D eigenvalue weighted by molar-refractivity contribution is 6.00. The average Bonchev–Trinajstić information content (AvgIpc) is 3.23. The SMILES string of the molecule is Cc1cc(C(=O)N/N=C/c2c[nH]c3ccccc23)c(C)n1-c1ccccc1. The Kier molecular flexibility index (Phi) is 4.34. The minimum Gasteiger partial charge on any atom is -0.361 e. The second-order valence-corrected chi connectivity index (χ2v) is 6.44. The van der Waals surface area contributed by atoms with Crippen LogP contribution in [0.15, 0.2) is 72.0 Å². The van der Waals surface area contributed by atoms with Gasteiger partial charge in [-0.2, -0.15) is 5.10 Å². The predicted molar refractivity (Wildman–Crippen MR) is 109 cm³/mol. The topological polar surface area (TPSA) is 62.2 Å². The van der Waals surface area contributed by atoms with Crippen molar-refractivity contribution in [1.29, 1.82) is 0 Å². The summed E-state index contributed by atoms with van der Waals surface area (Å²) in [7, 11) is 0. The fourth-order valence-corrected chi connectivity index (χ4v) is 3.39. The van der Waals surface area contributed by atoms with E-state index >= 15 is 0 Å². The van der Waals surface area contributed by atoms with Crippen molar-refractivity contribution in [1.82, 2.24) is 15.0 Å². The van der Waals surface area contributed by atoms with Crippen molar-refractivity contribution in [3.05, 3.63) is 89.4 Å². The molecule has 0 aliphatic rings. The van der Waals surface area contributed by atoms with E-state index in [2.05, 4.69) is 20.1 Å². The minimum atomic E-state index is -0.221. The van der Waals surface area contributed by atoms with Gasteiger partial charge >= 0.3 is 0 Å². The molecule has 0 aliphatic carbocycles. The Morgan fingerprint density at radius 3 is 2.63 bits per heavy atom. The molecule has 0 fully saturated rings. The maximum absolute atomic E-state index is 12.6. The number of rotatable bonds is 4. The van der Waals surface area contributed by atoms with Crippen molar-refractivity contribution in [3.8, 4) is 5.69 Å². The third kappa shape index (κ3) is 3.15. The van der Waals surface area contributed by atoms with Gasteiger partial charge in [0.15, 0.2) is 0 Å². The molecule has 0 radical (unpaired) electrons. The first kappa shape index (κ1) is 16.8. The van der Waals surface area contributed by atoms with Crippen molar-refractivity contribution in [3.63, 3.8) is 0 Å². The van der Waals surface area contributed by atoms with E-state index in [1.165, 1.54) is 0 Å². The number of aryl methyl sites for hydroxylation is 1. The molecule has 2 aromatic heterocycles. The number of hydrogen-bond donors (Lipinski definition) is 2. The molecular formula is C22H20N4O. The van der Waals surface area contributed by atoms with Gasteiger partial charge in [-0.3, -0.25) is 4.79 Å². The highest BCUT2D eigenvalue weighted by Crippen LogP contribution is 2.20. The highest BCUT2D eigenvalue weighted by atomic mass is 16.2. The molecule has 5 heteroatoms. The minimum absolute atomic E-state index is 0.221. The van der Waals surface area contributed by atoms with Gasteiger partial charge in [-0.1, -0.05) is 36.4 Å². The first-order valence-electron chi connectivity index (χ1n) is 8.79. The van der Waals surface area contributed by atoms with E-state index in [1.807, 2.05) is 80.7 Å². The summed E-state index contributed by atoms with van der Waals surface area (Å²) in [4.78, 5) is 15.8. The van der Waals surface area contributed by atoms with Crippen molar-refractivity contribution >= 4 is 23.0 Å². The molecule has 2 N–H and O–H groups in total. The lowest BCUT2D eigenvalue weighted by molar-refractivity contribution is 0.0954. The first-order valence-corrected chi connectivity index (χ1v) is 8.79. The van der Waals surface area contributed by atoms with Gasteiger partial charge in [-0.15, -0.1) is 0 Å². The summed E-state index contributed by atoms with van der Waals surface area (Å²) in [5.41, 5.74) is 8.15. The molecule has 134 valence electrons. The van der Waals surface area contributed by atoms with Gasteiger partial charge < -0.3 is 9.55 Å². The smallest absolute Gasteiger partial charge is 0.273 e. The highest BCUT2D eigenvalue weighted by Gasteiger charge is 2.16. The average molecular weight is 356 g/mol. The van der Waals surface area contributed by atoms with Crippen LogP contribution in [0.5, 0.6) is 0 Å². The summed E-state index contributed by atoms with van der Waals surface area (Å²) in [6.07, 6.45) is 3.54. The molecule has 0 atom stereocenters. The van der Waals surface area contributed by atoms with Crippen molar-refractivity contribution in [2.24, 2.45) is 5.10 Å². The molecule has 4 aromatic rings. The van der Waals surface area contributed by atoms with Gasteiger partial charge in [0.1, 0.15) is 0 Å². The Bertz CT molecular complexity index is 1140. The van der Waals surface area contributed by atoms with Gasteiger partial charge in [0.2, 0.25) is 0 Å². The summed E-state index contributed by atoms with van der Waals surface area (Å²) in [6, 6.07) is 19.9. The number of para-hydroxylation sites is 2. The summed E-state index contributed by atoms with van der Waals surface area (Å²) in [6.45, 7) is 3.93. The van der Waals surface area contributed by atoms with Gasteiger partial charge in [0.05, 0.1) is 11.8 Å². The van der Waals surface area contributed by atoms with Crippen LogP contribution in [0.2, 0.25) is 0 Å². The predicted octanol–water partition coefficient (Wildman–Crippen LogP) is 4.34. The van der Waals surface area contributed by atoms with Crippen LogP contribution in [0, 0.1) is 13.8 Å². The molecule has 0 spiro atoms. The molecule has 27 heavy (non-hydrogen) atoms. The number of H-pyrrole nitrogens is 1. The fraction of sp³-hybridized carbons (Fsp3) is 0.0909. The molecule has 0 bridgehead atoms. The van der Waals surface area contributed by atoms with Crippen LogP contribution in [-0.4, -0.2) is 21.7 Å². The van der Waals surface area contributed by atoms with E-state index in [4.69, 9.17) is 0 Å². The standard InChI is InChI=1S/C22H20N4O/c1-15-12-20(16(2)26(15)18-8-4-3-5-9-18)22(27)25-24-14-17-13-23-21-11-7-6-10-19(17)21/h3-14,23H,1-2H3,(H,25,27)/b24-14+. The van der Waals surface area contributed by atoms with E-state index in [1.54, 1.807) is 6.21 Å². The summed E-state index contributed by atoms with van der Waals surface area (Å²) in [5, 5.41) is 5.21. The van der Waals surface area contributed by atoms with Gasteiger partial charge in [0, 0.05) is 39.7 Å². The van der Waals surface area contributed by atoms with Crippen LogP contribution < -0.4 is 5.43 Å². The second kappa shape index (κ2) is 6.96. The van der Waals surface area contributed by atoms with Crippen LogP contribution in [0.4, 0.5) is 0 Å². The number of amides is 1. The molecule has 0 saturated carbocycles. The van der Waals surface area contributed by atoms with Gasteiger partial charge in [-0.05, 0) is 38.1 Å². The fourth-order valence-electron chi connectivity index (χ4n) is 3.39. The number of aromatic nitrogens is 2. The maximum Gasteiger partial charge on any atom is 0.273 e. The molecule has 2 heterocycles. The quantitative estimate of drug-likeness (QED) is 0.415. The molecule has 2 aromatic carbocycles. The zero-order valence-electron chi connectivity index (χ0n) is 15.2. The lowest BCUT2D eigenvalue weighted by Crippen LogP contribution is -2.18. The number of benzene rings is 2. The van der Waals surface area contributed by atoms with Gasteiger partial charge in [0.25, 0.3) is 5.91 Å². The molecule has 4 rings (SSSR count). The molecule has 0 unspecified atom stereocenters. The number of carbonyl (C=O) groups excluding carboxylic acids is 1. The third-order valence-corrected chi connectivity index (χ3v) is 4.68. The Labute approximate surface area is 157 Å². The summed E-state index contributed by atoms with van der Waals surface area (Å²) < 4.78 is 2.07. The lowest BCUT2D eigenvalue weighted by atomic mass is 10.2. The largest absolute Gasteiger partial charge is 0.361 e.